The van der Waals surface area contributed by atoms with E-state index >= 15 is 0 Å². The smallest absolute Gasteiger partial charge is 0.134 e. The molecule has 0 amide bonds. The highest BCUT2D eigenvalue weighted by molar-refractivity contribution is 6.32. The van der Waals surface area contributed by atoms with Crippen LogP contribution in [0, 0.1) is 5.92 Å². The van der Waals surface area contributed by atoms with Crippen molar-refractivity contribution in [1.82, 2.24) is 0 Å². The first-order valence-corrected chi connectivity index (χ1v) is 4.70. The Morgan fingerprint density at radius 1 is 1.46 bits per heavy atom. The van der Waals surface area contributed by atoms with Gasteiger partial charge in [-0.2, -0.15) is 0 Å². The number of benzene rings is 1. The van der Waals surface area contributed by atoms with Gasteiger partial charge in [-0.05, 0) is 24.1 Å². The summed E-state index contributed by atoms with van der Waals surface area (Å²) in [5.74, 6) is 0.712. The van der Waals surface area contributed by atoms with Crippen molar-refractivity contribution >= 4 is 17.3 Å². The highest BCUT2D eigenvalue weighted by atomic mass is 35.5. The zero-order valence-electron chi connectivity index (χ0n) is 7.84. The molecule has 0 aliphatic rings. The normalized spacial score (nSPS) is 10.5. The van der Waals surface area contributed by atoms with Crippen molar-refractivity contribution in [3.8, 4) is 5.75 Å². The van der Waals surface area contributed by atoms with Gasteiger partial charge in [-0.3, -0.25) is 0 Å². The molecule has 2 N–H and O–H groups in total. The molecule has 0 unspecified atom stereocenters. The molecule has 0 aliphatic carbocycles. The average molecular weight is 200 g/mol. The Morgan fingerprint density at radius 3 is 2.69 bits per heavy atom. The van der Waals surface area contributed by atoms with E-state index in [9.17, 15) is 0 Å². The van der Waals surface area contributed by atoms with Crippen molar-refractivity contribution in [2.45, 2.75) is 13.8 Å². The van der Waals surface area contributed by atoms with Gasteiger partial charge in [0.25, 0.3) is 0 Å². The molecular formula is C10H14ClNO. The van der Waals surface area contributed by atoms with Crippen LogP contribution in [0.4, 0.5) is 5.69 Å². The van der Waals surface area contributed by atoms with Crippen LogP contribution in [0.5, 0.6) is 5.75 Å². The van der Waals surface area contributed by atoms with Crippen LogP contribution in [0.15, 0.2) is 18.2 Å². The standard InChI is InChI=1S/C10H14ClNO/c1-7(2)6-12-8-3-4-10(13)9(11)5-8/h3-5,7,12-13H,6H2,1-2H3. The lowest BCUT2D eigenvalue weighted by molar-refractivity contribution is 0.475. The fourth-order valence-electron chi connectivity index (χ4n) is 0.939. The van der Waals surface area contributed by atoms with E-state index < -0.39 is 0 Å². The van der Waals surface area contributed by atoms with Gasteiger partial charge in [0.05, 0.1) is 5.02 Å². The molecule has 0 atom stereocenters. The quantitative estimate of drug-likeness (QED) is 0.734. The zero-order chi connectivity index (χ0) is 9.84. The molecule has 3 heteroatoms. The van der Waals surface area contributed by atoms with Crippen molar-refractivity contribution < 1.29 is 5.11 Å². The molecule has 0 saturated carbocycles. The second-order valence-electron chi connectivity index (χ2n) is 3.44. The van der Waals surface area contributed by atoms with Crippen LogP contribution in [0.3, 0.4) is 0 Å². The second kappa shape index (κ2) is 4.38. The summed E-state index contributed by atoms with van der Waals surface area (Å²) in [7, 11) is 0. The molecule has 0 heterocycles. The van der Waals surface area contributed by atoms with Crippen LogP contribution in [0.2, 0.25) is 5.02 Å². The Kier molecular flexibility index (Phi) is 3.43. The first-order chi connectivity index (χ1) is 6.09. The molecule has 0 radical (unpaired) electrons. The van der Waals surface area contributed by atoms with E-state index in [4.69, 9.17) is 16.7 Å². The van der Waals surface area contributed by atoms with Gasteiger partial charge in [-0.15, -0.1) is 0 Å². The number of phenols is 1. The largest absolute Gasteiger partial charge is 0.506 e. The molecule has 0 bridgehead atoms. The van der Waals surface area contributed by atoms with Crippen LogP contribution in [-0.2, 0) is 0 Å². The van der Waals surface area contributed by atoms with Crippen LogP contribution >= 0.6 is 11.6 Å². The van der Waals surface area contributed by atoms with E-state index in [0.717, 1.165) is 12.2 Å². The molecule has 0 saturated heterocycles. The second-order valence-corrected chi connectivity index (χ2v) is 3.85. The van der Waals surface area contributed by atoms with E-state index in [1.54, 1.807) is 12.1 Å². The number of nitrogens with one attached hydrogen (secondary N) is 1. The third-order valence-corrected chi connectivity index (χ3v) is 1.96. The Bertz CT molecular complexity index is 286. The summed E-state index contributed by atoms with van der Waals surface area (Å²) in [5.41, 5.74) is 0.941. The maximum Gasteiger partial charge on any atom is 0.134 e. The molecule has 13 heavy (non-hydrogen) atoms. The Labute approximate surface area is 83.5 Å². The maximum atomic E-state index is 9.16. The minimum Gasteiger partial charge on any atom is -0.506 e. The minimum atomic E-state index is 0.122. The third-order valence-electron chi connectivity index (χ3n) is 1.66. The van der Waals surface area contributed by atoms with Crippen LogP contribution in [0.1, 0.15) is 13.8 Å². The average Bonchev–Trinajstić information content (AvgIpc) is 2.07. The van der Waals surface area contributed by atoms with E-state index in [1.807, 2.05) is 6.07 Å². The van der Waals surface area contributed by atoms with Gasteiger partial charge in [-0.1, -0.05) is 25.4 Å². The van der Waals surface area contributed by atoms with Gasteiger partial charge in [0, 0.05) is 12.2 Å². The third kappa shape index (κ3) is 3.15. The molecule has 2 nitrogen and oxygen atoms in total. The van der Waals surface area contributed by atoms with E-state index in [0.29, 0.717) is 10.9 Å². The van der Waals surface area contributed by atoms with E-state index in [2.05, 4.69) is 19.2 Å². The maximum absolute atomic E-state index is 9.16. The van der Waals surface area contributed by atoms with Crippen molar-refractivity contribution in [2.24, 2.45) is 5.92 Å². The fraction of sp³-hybridized carbons (Fsp3) is 0.400. The molecule has 0 aromatic heterocycles. The van der Waals surface area contributed by atoms with Crippen molar-refractivity contribution in [3.05, 3.63) is 23.2 Å². The SMILES string of the molecule is CC(C)CNc1ccc(O)c(Cl)c1. The molecular weight excluding hydrogens is 186 g/mol. The predicted molar refractivity (Wildman–Crippen MR) is 56.4 cm³/mol. The lowest BCUT2D eigenvalue weighted by atomic mass is 10.2. The van der Waals surface area contributed by atoms with Gasteiger partial charge in [-0.25, -0.2) is 0 Å². The number of halogens is 1. The highest BCUT2D eigenvalue weighted by Crippen LogP contribution is 2.25. The summed E-state index contributed by atoms with van der Waals surface area (Å²) >= 11 is 5.74. The number of hydrogen-bond donors (Lipinski definition) is 2. The number of phenolic OH excluding ortho intramolecular Hbond substituents is 1. The molecule has 0 fully saturated rings. The summed E-state index contributed by atoms with van der Waals surface area (Å²) in [6.07, 6.45) is 0. The topological polar surface area (TPSA) is 32.3 Å². The Morgan fingerprint density at radius 2 is 2.15 bits per heavy atom. The van der Waals surface area contributed by atoms with Crippen molar-refractivity contribution in [1.29, 1.82) is 0 Å². The molecule has 1 aromatic carbocycles. The van der Waals surface area contributed by atoms with Gasteiger partial charge in [0.1, 0.15) is 5.75 Å². The van der Waals surface area contributed by atoms with E-state index in [-0.39, 0.29) is 5.75 Å². The minimum absolute atomic E-state index is 0.122. The fourth-order valence-corrected chi connectivity index (χ4v) is 1.12. The highest BCUT2D eigenvalue weighted by Gasteiger charge is 1.99. The predicted octanol–water partition coefficient (Wildman–Crippen LogP) is 3.11. The number of rotatable bonds is 3. The van der Waals surface area contributed by atoms with Gasteiger partial charge < -0.3 is 10.4 Å². The lowest BCUT2D eigenvalue weighted by Crippen LogP contribution is -2.07. The molecule has 1 rings (SSSR count). The molecule has 0 spiro atoms. The monoisotopic (exact) mass is 199 g/mol. The Balaban J connectivity index is 2.63. The first kappa shape index (κ1) is 10.2. The summed E-state index contributed by atoms with van der Waals surface area (Å²) in [6, 6.07) is 5.12. The molecule has 1 aromatic rings. The number of anilines is 1. The Hall–Kier alpha value is -0.890. The van der Waals surface area contributed by atoms with Crippen LogP contribution in [0.25, 0.3) is 0 Å². The molecule has 0 aliphatic heterocycles. The lowest BCUT2D eigenvalue weighted by Gasteiger charge is -2.09. The molecule has 72 valence electrons. The van der Waals surface area contributed by atoms with Crippen molar-refractivity contribution in [2.75, 3.05) is 11.9 Å². The number of aromatic hydroxyl groups is 1. The summed E-state index contributed by atoms with van der Waals surface area (Å²) < 4.78 is 0. The number of hydrogen-bond acceptors (Lipinski definition) is 2. The first-order valence-electron chi connectivity index (χ1n) is 4.32. The van der Waals surface area contributed by atoms with E-state index in [1.165, 1.54) is 0 Å². The van der Waals surface area contributed by atoms with Crippen LogP contribution in [-0.4, -0.2) is 11.7 Å². The van der Waals surface area contributed by atoms with Crippen molar-refractivity contribution in [3.63, 3.8) is 0 Å². The van der Waals surface area contributed by atoms with Gasteiger partial charge >= 0.3 is 0 Å². The van der Waals surface area contributed by atoms with Crippen LogP contribution < -0.4 is 5.32 Å². The zero-order valence-corrected chi connectivity index (χ0v) is 8.60. The summed E-state index contributed by atoms with van der Waals surface area (Å²) in [6.45, 7) is 5.17. The summed E-state index contributed by atoms with van der Waals surface area (Å²) in [4.78, 5) is 0. The summed E-state index contributed by atoms with van der Waals surface area (Å²) in [5, 5.41) is 12.8. The van der Waals surface area contributed by atoms with Gasteiger partial charge in [0.2, 0.25) is 0 Å². The van der Waals surface area contributed by atoms with Gasteiger partial charge in [0.15, 0.2) is 0 Å².